The smallest absolute Gasteiger partial charge is 0.338 e. The van der Waals surface area contributed by atoms with Crippen LogP contribution in [0.3, 0.4) is 0 Å². The van der Waals surface area contributed by atoms with Crippen molar-refractivity contribution >= 4 is 38.6 Å². The van der Waals surface area contributed by atoms with Crippen molar-refractivity contribution in [2.75, 3.05) is 11.9 Å². The van der Waals surface area contributed by atoms with Crippen LogP contribution >= 0.6 is 11.3 Å². The van der Waals surface area contributed by atoms with Crippen LogP contribution in [-0.2, 0) is 16.1 Å². The molecule has 128 valence electrons. The standard InChI is InChI=1S/C18H16N2O4S/c1-11-2-7-14-15(8-11)25-18(19-14)20-16(22)10-24-17(23)13-5-3-12(9-21)4-6-13/h2-8,21H,9-10H2,1H3,(H,19,20,22). The maximum Gasteiger partial charge on any atom is 0.338 e. The molecular weight excluding hydrogens is 340 g/mol. The number of aliphatic hydroxyl groups excluding tert-OH is 1. The normalized spacial score (nSPS) is 10.6. The third-order valence-corrected chi connectivity index (χ3v) is 4.43. The number of esters is 1. The fourth-order valence-corrected chi connectivity index (χ4v) is 3.18. The van der Waals surface area contributed by atoms with E-state index in [0.29, 0.717) is 16.3 Å². The summed E-state index contributed by atoms with van der Waals surface area (Å²) >= 11 is 1.37. The Labute approximate surface area is 148 Å². The second-order valence-corrected chi connectivity index (χ2v) is 6.50. The molecule has 0 aliphatic carbocycles. The molecule has 0 saturated heterocycles. The van der Waals surface area contributed by atoms with E-state index in [1.54, 1.807) is 24.3 Å². The Bertz CT molecular complexity index is 918. The minimum absolute atomic E-state index is 0.0978. The van der Waals surface area contributed by atoms with Gasteiger partial charge in [-0.25, -0.2) is 9.78 Å². The largest absolute Gasteiger partial charge is 0.452 e. The number of carbonyl (C=O) groups is 2. The predicted octanol–water partition coefficient (Wildman–Crippen LogP) is 2.89. The molecule has 0 radical (unpaired) electrons. The molecule has 0 saturated carbocycles. The van der Waals surface area contributed by atoms with E-state index in [1.807, 2.05) is 25.1 Å². The average Bonchev–Trinajstić information content (AvgIpc) is 3.01. The molecular formula is C18H16N2O4S. The Morgan fingerprint density at radius 1 is 1.20 bits per heavy atom. The zero-order chi connectivity index (χ0) is 17.8. The number of carbonyl (C=O) groups excluding carboxylic acids is 2. The SMILES string of the molecule is Cc1ccc2nc(NC(=O)COC(=O)c3ccc(CO)cc3)sc2c1. The van der Waals surface area contributed by atoms with Gasteiger partial charge in [0, 0.05) is 0 Å². The van der Waals surface area contributed by atoms with Crippen molar-refractivity contribution in [2.24, 2.45) is 0 Å². The van der Waals surface area contributed by atoms with E-state index in [9.17, 15) is 9.59 Å². The number of aryl methyl sites for hydroxylation is 1. The summed E-state index contributed by atoms with van der Waals surface area (Å²) in [5, 5.41) is 12.1. The highest BCUT2D eigenvalue weighted by Gasteiger charge is 2.12. The van der Waals surface area contributed by atoms with Crippen molar-refractivity contribution in [1.29, 1.82) is 0 Å². The quantitative estimate of drug-likeness (QED) is 0.686. The number of ether oxygens (including phenoxy) is 1. The molecule has 0 spiro atoms. The number of hydrogen-bond donors (Lipinski definition) is 2. The number of fused-ring (bicyclic) bond motifs is 1. The van der Waals surface area contributed by atoms with E-state index in [4.69, 9.17) is 9.84 Å². The van der Waals surface area contributed by atoms with Crippen molar-refractivity contribution in [3.63, 3.8) is 0 Å². The van der Waals surface area contributed by atoms with Crippen LogP contribution < -0.4 is 5.32 Å². The van der Waals surface area contributed by atoms with Crippen molar-refractivity contribution in [3.8, 4) is 0 Å². The van der Waals surface area contributed by atoms with Crippen LogP contribution in [0.4, 0.5) is 5.13 Å². The number of aromatic nitrogens is 1. The molecule has 2 aromatic carbocycles. The minimum atomic E-state index is -0.598. The second kappa shape index (κ2) is 7.42. The second-order valence-electron chi connectivity index (χ2n) is 5.47. The number of benzene rings is 2. The minimum Gasteiger partial charge on any atom is -0.452 e. The zero-order valence-corrected chi connectivity index (χ0v) is 14.3. The van der Waals surface area contributed by atoms with Crippen LogP contribution in [0.2, 0.25) is 0 Å². The van der Waals surface area contributed by atoms with Gasteiger partial charge in [-0.1, -0.05) is 29.5 Å². The molecule has 0 unspecified atom stereocenters. The number of nitrogens with one attached hydrogen (secondary N) is 1. The Hall–Kier alpha value is -2.77. The molecule has 7 heteroatoms. The van der Waals surface area contributed by atoms with Gasteiger partial charge in [0.15, 0.2) is 11.7 Å². The summed E-state index contributed by atoms with van der Waals surface area (Å²) in [4.78, 5) is 28.2. The topological polar surface area (TPSA) is 88.5 Å². The number of hydrogen-bond acceptors (Lipinski definition) is 6. The average molecular weight is 356 g/mol. The molecule has 6 nitrogen and oxygen atoms in total. The highest BCUT2D eigenvalue weighted by Crippen LogP contribution is 2.26. The van der Waals surface area contributed by atoms with Gasteiger partial charge < -0.3 is 9.84 Å². The van der Waals surface area contributed by atoms with Crippen LogP contribution in [0, 0.1) is 6.92 Å². The molecule has 0 bridgehead atoms. The number of rotatable bonds is 5. The maximum absolute atomic E-state index is 11.9. The first kappa shape index (κ1) is 17.1. The van der Waals surface area contributed by atoms with Gasteiger partial charge in [-0.15, -0.1) is 0 Å². The van der Waals surface area contributed by atoms with E-state index in [1.165, 1.54) is 11.3 Å². The lowest BCUT2D eigenvalue weighted by Gasteiger charge is -2.05. The summed E-state index contributed by atoms with van der Waals surface area (Å²) in [5.74, 6) is -1.05. The van der Waals surface area contributed by atoms with E-state index in [0.717, 1.165) is 15.8 Å². The van der Waals surface area contributed by atoms with Crippen LogP contribution in [0.15, 0.2) is 42.5 Å². The van der Waals surface area contributed by atoms with Gasteiger partial charge in [0.25, 0.3) is 5.91 Å². The number of amides is 1. The molecule has 2 N–H and O–H groups in total. The lowest BCUT2D eigenvalue weighted by Crippen LogP contribution is -2.20. The lowest BCUT2D eigenvalue weighted by molar-refractivity contribution is -0.119. The zero-order valence-electron chi connectivity index (χ0n) is 13.5. The van der Waals surface area contributed by atoms with Gasteiger partial charge in [-0.3, -0.25) is 10.1 Å². The van der Waals surface area contributed by atoms with Gasteiger partial charge in [-0.2, -0.15) is 0 Å². The number of nitrogens with zero attached hydrogens (tertiary/aromatic N) is 1. The Balaban J connectivity index is 1.57. The highest BCUT2D eigenvalue weighted by molar-refractivity contribution is 7.22. The van der Waals surface area contributed by atoms with Gasteiger partial charge in [0.2, 0.25) is 0 Å². The summed E-state index contributed by atoms with van der Waals surface area (Å²) < 4.78 is 5.97. The van der Waals surface area contributed by atoms with E-state index in [2.05, 4.69) is 10.3 Å². The van der Waals surface area contributed by atoms with Gasteiger partial charge >= 0.3 is 5.97 Å². The molecule has 3 aromatic rings. The Morgan fingerprint density at radius 3 is 2.68 bits per heavy atom. The summed E-state index contributed by atoms with van der Waals surface area (Å²) in [6.07, 6.45) is 0. The molecule has 1 aromatic heterocycles. The molecule has 25 heavy (non-hydrogen) atoms. The molecule has 0 atom stereocenters. The molecule has 0 aliphatic heterocycles. The van der Waals surface area contributed by atoms with Crippen molar-refractivity contribution in [1.82, 2.24) is 4.98 Å². The maximum atomic E-state index is 11.9. The van der Waals surface area contributed by atoms with Gasteiger partial charge in [0.1, 0.15) is 0 Å². The van der Waals surface area contributed by atoms with E-state index in [-0.39, 0.29) is 6.61 Å². The predicted molar refractivity (Wildman–Crippen MR) is 95.6 cm³/mol. The van der Waals surface area contributed by atoms with Crippen molar-refractivity contribution < 1.29 is 19.4 Å². The highest BCUT2D eigenvalue weighted by atomic mass is 32.1. The number of aliphatic hydroxyl groups is 1. The third-order valence-electron chi connectivity index (χ3n) is 3.50. The monoisotopic (exact) mass is 356 g/mol. The Kier molecular flexibility index (Phi) is 5.06. The first-order valence-electron chi connectivity index (χ1n) is 7.59. The van der Waals surface area contributed by atoms with Gasteiger partial charge in [-0.05, 0) is 42.3 Å². The van der Waals surface area contributed by atoms with Crippen molar-refractivity contribution in [3.05, 3.63) is 59.2 Å². The lowest BCUT2D eigenvalue weighted by atomic mass is 10.1. The van der Waals surface area contributed by atoms with Gasteiger partial charge in [0.05, 0.1) is 22.4 Å². The fraction of sp³-hybridized carbons (Fsp3) is 0.167. The van der Waals surface area contributed by atoms with Crippen LogP contribution in [0.5, 0.6) is 0 Å². The van der Waals surface area contributed by atoms with Crippen LogP contribution in [0.25, 0.3) is 10.2 Å². The molecule has 1 amide bonds. The van der Waals surface area contributed by atoms with Crippen molar-refractivity contribution in [2.45, 2.75) is 13.5 Å². The summed E-state index contributed by atoms with van der Waals surface area (Å²) in [6.45, 7) is 1.50. The third kappa shape index (κ3) is 4.20. The first-order chi connectivity index (χ1) is 12.0. The van der Waals surface area contributed by atoms with Crippen LogP contribution in [0.1, 0.15) is 21.5 Å². The molecule has 3 rings (SSSR count). The summed E-state index contributed by atoms with van der Waals surface area (Å²) in [6, 6.07) is 12.2. The molecule has 1 heterocycles. The van der Waals surface area contributed by atoms with E-state index < -0.39 is 18.5 Å². The first-order valence-corrected chi connectivity index (χ1v) is 8.41. The summed E-state index contributed by atoms with van der Waals surface area (Å²) in [7, 11) is 0. The van der Waals surface area contributed by atoms with E-state index >= 15 is 0 Å². The fourth-order valence-electron chi connectivity index (χ4n) is 2.20. The van der Waals surface area contributed by atoms with Crippen LogP contribution in [-0.4, -0.2) is 28.6 Å². The summed E-state index contributed by atoms with van der Waals surface area (Å²) in [5.41, 5.74) is 2.95. The Morgan fingerprint density at radius 2 is 1.96 bits per heavy atom. The number of thiazole rings is 1. The molecule has 0 aliphatic rings. The number of anilines is 1. The molecule has 0 fully saturated rings.